The van der Waals surface area contributed by atoms with E-state index >= 15 is 0 Å². The summed E-state index contributed by atoms with van der Waals surface area (Å²) in [6.07, 6.45) is 24.0. The fourth-order valence-electron chi connectivity index (χ4n) is 3.45. The van der Waals surface area contributed by atoms with E-state index in [1.165, 1.54) is 119 Å². The summed E-state index contributed by atoms with van der Waals surface area (Å²) in [6.45, 7) is 9.84. The predicted octanol–water partition coefficient (Wildman–Crippen LogP) is 9.09. The molecule has 1 unspecified atom stereocenters. The third-order valence-electron chi connectivity index (χ3n) is 5.61. The Morgan fingerprint density at radius 1 is 0.562 bits per heavy atom. The zero-order valence-corrected chi connectivity index (χ0v) is 24.9. The third kappa shape index (κ3) is 30.0. The summed E-state index contributed by atoms with van der Waals surface area (Å²) in [5, 5.41) is 0. The maximum Gasteiger partial charge on any atom is 0.508 e. The van der Waals surface area contributed by atoms with Gasteiger partial charge in [-0.05, 0) is 12.8 Å². The van der Waals surface area contributed by atoms with Crippen molar-refractivity contribution in [3.05, 3.63) is 0 Å². The molecule has 32 heavy (non-hydrogen) atoms. The van der Waals surface area contributed by atoms with Gasteiger partial charge in [0.2, 0.25) is 0 Å². The van der Waals surface area contributed by atoms with E-state index < -0.39 is 6.16 Å². The van der Waals surface area contributed by atoms with Crippen LogP contribution in [-0.4, -0.2) is 48.4 Å². The molecule has 0 spiro atoms. The van der Waals surface area contributed by atoms with Crippen LogP contribution < -0.4 is 0 Å². The molecule has 0 saturated heterocycles. The van der Waals surface area contributed by atoms with Crippen LogP contribution in [-0.2, 0) is 12.5 Å². The topological polar surface area (TPSA) is 44.8 Å². The average Bonchev–Trinajstić information content (AvgIpc) is 2.80. The van der Waals surface area contributed by atoms with Crippen molar-refractivity contribution in [3.63, 3.8) is 0 Å². The summed E-state index contributed by atoms with van der Waals surface area (Å²) >= 11 is 1.25. The number of hydrogen-bond acceptors (Lipinski definition) is 4. The summed E-state index contributed by atoms with van der Waals surface area (Å²) in [7, 11) is 0. The number of ether oxygens (including phenoxy) is 2. The fraction of sp³-hybridized carbons (Fsp3) is 0.963. The SMILES string of the molecule is CCCCCCCCC(CCCCC)[O][Sn].CCCCCCOC(=O)OCCCCCC. The first kappa shape index (κ1) is 34.2. The van der Waals surface area contributed by atoms with Crippen LogP contribution in [0.3, 0.4) is 0 Å². The van der Waals surface area contributed by atoms with Gasteiger partial charge >= 0.3 is 123 Å². The van der Waals surface area contributed by atoms with E-state index in [1.807, 2.05) is 0 Å². The molecule has 0 aromatic rings. The molecule has 0 heterocycles. The molecule has 0 N–H and O–H groups in total. The van der Waals surface area contributed by atoms with E-state index in [4.69, 9.17) is 12.5 Å². The predicted molar refractivity (Wildman–Crippen MR) is 138 cm³/mol. The largest absolute Gasteiger partial charge is 0.508 e. The van der Waals surface area contributed by atoms with E-state index in [0.717, 1.165) is 25.7 Å². The Kier molecular flexibility index (Phi) is 33.2. The normalized spacial score (nSPS) is 11.5. The average molecular weight is 562 g/mol. The second-order valence-electron chi connectivity index (χ2n) is 8.86. The number of carbonyl (C=O) groups excluding carboxylic acids is 1. The molecular weight excluding hydrogens is 507 g/mol. The summed E-state index contributed by atoms with van der Waals surface area (Å²) in [4.78, 5) is 11.1. The maximum absolute atomic E-state index is 11.1. The van der Waals surface area contributed by atoms with E-state index in [2.05, 4.69) is 27.7 Å². The van der Waals surface area contributed by atoms with Crippen molar-refractivity contribution in [2.75, 3.05) is 13.2 Å². The van der Waals surface area contributed by atoms with Crippen LogP contribution in [0.1, 0.15) is 150 Å². The van der Waals surface area contributed by atoms with Gasteiger partial charge in [-0.1, -0.05) is 52.4 Å². The Morgan fingerprint density at radius 2 is 0.906 bits per heavy atom. The minimum absolute atomic E-state index is 0.494. The second-order valence-corrected chi connectivity index (χ2v) is 9.53. The number of hydrogen-bond donors (Lipinski definition) is 0. The fourth-order valence-corrected chi connectivity index (χ4v) is 4.12. The van der Waals surface area contributed by atoms with Crippen LogP contribution in [0.25, 0.3) is 0 Å². The Hall–Kier alpha value is 0.0287. The van der Waals surface area contributed by atoms with Crippen LogP contribution >= 0.6 is 0 Å². The first-order chi connectivity index (χ1) is 15.7. The van der Waals surface area contributed by atoms with Gasteiger partial charge in [0.05, 0.1) is 13.2 Å². The summed E-state index contributed by atoms with van der Waals surface area (Å²) in [5.41, 5.74) is 0. The zero-order chi connectivity index (χ0) is 24.1. The molecule has 0 aliphatic heterocycles. The van der Waals surface area contributed by atoms with Crippen molar-refractivity contribution >= 4 is 29.1 Å². The van der Waals surface area contributed by atoms with Gasteiger partial charge in [0.1, 0.15) is 0 Å². The zero-order valence-electron chi connectivity index (χ0n) is 22.1. The monoisotopic (exact) mass is 563 g/mol. The molecule has 4 nitrogen and oxygen atoms in total. The second kappa shape index (κ2) is 31.0. The van der Waals surface area contributed by atoms with Gasteiger partial charge in [-0.2, -0.15) is 0 Å². The quantitative estimate of drug-likeness (QED) is 0.0750. The maximum atomic E-state index is 11.1. The van der Waals surface area contributed by atoms with E-state index in [-0.39, 0.29) is 0 Å². The molecule has 0 aliphatic carbocycles. The molecule has 3 radical (unpaired) electrons. The molecule has 0 aromatic heterocycles. The van der Waals surface area contributed by atoms with Crippen molar-refractivity contribution in [1.29, 1.82) is 0 Å². The first-order valence-electron chi connectivity index (χ1n) is 13.8. The van der Waals surface area contributed by atoms with Crippen molar-refractivity contribution in [3.8, 4) is 0 Å². The first-order valence-corrected chi connectivity index (χ1v) is 14.9. The Bertz CT molecular complexity index is 337. The van der Waals surface area contributed by atoms with Gasteiger partial charge < -0.3 is 9.47 Å². The molecule has 1 atom stereocenters. The van der Waals surface area contributed by atoms with E-state index in [1.54, 1.807) is 0 Å². The smallest absolute Gasteiger partial charge is 0.434 e. The number of unbranched alkanes of at least 4 members (excludes halogenated alkanes) is 13. The number of rotatable bonds is 22. The molecule has 0 fully saturated rings. The Balaban J connectivity index is 0. The molecule has 191 valence electrons. The van der Waals surface area contributed by atoms with Crippen molar-refractivity contribution in [1.82, 2.24) is 0 Å². The van der Waals surface area contributed by atoms with Crippen LogP contribution in [0.2, 0.25) is 0 Å². The van der Waals surface area contributed by atoms with Crippen LogP contribution in [0.15, 0.2) is 0 Å². The van der Waals surface area contributed by atoms with Crippen molar-refractivity contribution in [2.45, 2.75) is 156 Å². The minimum Gasteiger partial charge on any atom is -0.434 e. The third-order valence-corrected chi connectivity index (χ3v) is 6.56. The number of carbonyl (C=O) groups is 1. The molecule has 0 bridgehead atoms. The van der Waals surface area contributed by atoms with Gasteiger partial charge in [0.25, 0.3) is 0 Å². The van der Waals surface area contributed by atoms with Crippen molar-refractivity contribution in [2.24, 2.45) is 0 Å². The summed E-state index contributed by atoms with van der Waals surface area (Å²) in [6, 6.07) is 0. The molecule has 0 aliphatic rings. The summed E-state index contributed by atoms with van der Waals surface area (Å²) < 4.78 is 15.5. The van der Waals surface area contributed by atoms with Gasteiger partial charge in [-0.25, -0.2) is 4.79 Å². The van der Waals surface area contributed by atoms with Crippen LogP contribution in [0.4, 0.5) is 4.79 Å². The molecule has 0 amide bonds. The summed E-state index contributed by atoms with van der Waals surface area (Å²) in [5.74, 6) is 0. The molecular formula is C27H55O4Sn. The molecule has 0 aromatic carbocycles. The minimum atomic E-state index is -0.506. The van der Waals surface area contributed by atoms with E-state index in [0.29, 0.717) is 19.3 Å². The van der Waals surface area contributed by atoms with Crippen molar-refractivity contribution < 1.29 is 17.3 Å². The molecule has 0 rings (SSSR count). The molecule has 5 heteroatoms. The van der Waals surface area contributed by atoms with Crippen LogP contribution in [0.5, 0.6) is 0 Å². The van der Waals surface area contributed by atoms with Crippen LogP contribution in [0, 0.1) is 0 Å². The Labute approximate surface area is 214 Å². The standard InChI is InChI=1S/C14H29O.C13H26O3.Sn/c1-3-5-7-8-9-11-13-14(15)12-10-6-4-2;1-3-5-7-9-11-15-13(14)16-12-10-8-6-4-2;/h14H,3-13H2,1-2H3;3-12H2,1-2H3;/q-1;;+1. The van der Waals surface area contributed by atoms with Gasteiger partial charge in [0.15, 0.2) is 0 Å². The van der Waals surface area contributed by atoms with E-state index in [9.17, 15) is 4.79 Å². The van der Waals surface area contributed by atoms with Gasteiger partial charge in [0, 0.05) is 0 Å². The Morgan fingerprint density at radius 3 is 1.34 bits per heavy atom. The molecule has 0 saturated carbocycles. The van der Waals surface area contributed by atoms with Gasteiger partial charge in [-0.3, -0.25) is 0 Å². The van der Waals surface area contributed by atoms with Gasteiger partial charge in [-0.15, -0.1) is 0 Å².